The van der Waals surface area contributed by atoms with E-state index in [0.29, 0.717) is 42.6 Å². The Morgan fingerprint density at radius 2 is 1.77 bits per heavy atom. The molecule has 35 heavy (non-hydrogen) atoms. The van der Waals surface area contributed by atoms with E-state index in [1.165, 1.54) is 11.8 Å². The Morgan fingerprint density at radius 3 is 2.51 bits per heavy atom. The van der Waals surface area contributed by atoms with Crippen molar-refractivity contribution in [1.29, 1.82) is 0 Å². The molecule has 0 aliphatic carbocycles. The van der Waals surface area contributed by atoms with Crippen LogP contribution >= 0.6 is 11.8 Å². The van der Waals surface area contributed by atoms with Gasteiger partial charge in [-0.3, -0.25) is 9.59 Å². The van der Waals surface area contributed by atoms with E-state index in [1.807, 2.05) is 53.4 Å². The summed E-state index contributed by atoms with van der Waals surface area (Å²) in [5.74, 6) is 1.79. The molecular formula is C25H26N6O3S. The first-order chi connectivity index (χ1) is 17.0. The van der Waals surface area contributed by atoms with Crippen molar-refractivity contribution in [2.24, 2.45) is 0 Å². The van der Waals surface area contributed by atoms with Gasteiger partial charge in [-0.1, -0.05) is 23.9 Å². The number of piperazine rings is 1. The van der Waals surface area contributed by atoms with E-state index in [0.717, 1.165) is 35.6 Å². The van der Waals surface area contributed by atoms with Crippen LogP contribution in [0.25, 0.3) is 11.0 Å². The van der Waals surface area contributed by atoms with E-state index >= 15 is 0 Å². The lowest BCUT2D eigenvalue weighted by Gasteiger charge is -2.36. The summed E-state index contributed by atoms with van der Waals surface area (Å²) in [5, 5.41) is 8.58. The van der Waals surface area contributed by atoms with E-state index in [1.54, 1.807) is 6.92 Å². The molecule has 2 aromatic carbocycles. The zero-order valence-corrected chi connectivity index (χ0v) is 20.3. The molecule has 0 unspecified atom stereocenters. The summed E-state index contributed by atoms with van der Waals surface area (Å²) >= 11 is 1.27. The molecule has 180 valence electrons. The largest absolute Gasteiger partial charge is 0.416 e. The van der Waals surface area contributed by atoms with Crippen LogP contribution in [0.1, 0.15) is 29.0 Å². The van der Waals surface area contributed by atoms with Gasteiger partial charge in [0, 0.05) is 50.3 Å². The van der Waals surface area contributed by atoms with Crippen molar-refractivity contribution < 1.29 is 14.0 Å². The third kappa shape index (κ3) is 5.54. The highest BCUT2D eigenvalue weighted by Crippen LogP contribution is 2.21. The van der Waals surface area contributed by atoms with Crippen LogP contribution in [-0.4, -0.2) is 68.7 Å². The van der Waals surface area contributed by atoms with Gasteiger partial charge < -0.3 is 19.2 Å². The second kappa shape index (κ2) is 10.3. The summed E-state index contributed by atoms with van der Waals surface area (Å²) in [7, 11) is 0. The van der Waals surface area contributed by atoms with Gasteiger partial charge in [-0.25, -0.2) is 4.98 Å². The topological polar surface area (TPSA) is 108 Å². The number of H-pyrrole nitrogens is 1. The standard InChI is InChI=1S/C25H26N6O3S/c1-17(32)18-6-8-19(9-7-18)30-12-14-31(15-13-30)24(33)16-35-25-29-28-23(34-25)11-10-22-26-20-4-2-3-5-21(20)27-22/h2-9H,10-16H2,1H3,(H,26,27). The van der Waals surface area contributed by atoms with Crippen LogP contribution in [0.3, 0.4) is 0 Å². The van der Waals surface area contributed by atoms with E-state index < -0.39 is 0 Å². The summed E-state index contributed by atoms with van der Waals surface area (Å²) in [6.45, 7) is 4.38. The first kappa shape index (κ1) is 23.1. The third-order valence-electron chi connectivity index (χ3n) is 6.05. The summed E-state index contributed by atoms with van der Waals surface area (Å²) in [6.07, 6.45) is 1.25. The molecule has 9 nitrogen and oxygen atoms in total. The third-order valence-corrected chi connectivity index (χ3v) is 6.86. The van der Waals surface area contributed by atoms with E-state index in [-0.39, 0.29) is 17.4 Å². The van der Waals surface area contributed by atoms with Gasteiger partial charge in [-0.2, -0.15) is 0 Å². The van der Waals surface area contributed by atoms with Crippen LogP contribution in [0, 0.1) is 0 Å². The van der Waals surface area contributed by atoms with Crippen LogP contribution in [0.15, 0.2) is 58.2 Å². The second-order valence-corrected chi connectivity index (χ2v) is 9.35. The molecule has 5 rings (SSSR count). The van der Waals surface area contributed by atoms with Gasteiger partial charge in [0.25, 0.3) is 5.22 Å². The number of amides is 1. The number of carbonyl (C=O) groups is 2. The molecule has 0 saturated carbocycles. The number of aryl methyl sites for hydroxylation is 2. The molecule has 4 aromatic rings. The Morgan fingerprint density at radius 1 is 1.00 bits per heavy atom. The van der Waals surface area contributed by atoms with Gasteiger partial charge in [0.2, 0.25) is 11.8 Å². The average molecular weight is 491 g/mol. The predicted molar refractivity (Wildman–Crippen MR) is 134 cm³/mol. The maximum atomic E-state index is 12.7. The molecule has 1 saturated heterocycles. The van der Waals surface area contributed by atoms with Crippen LogP contribution in [0.5, 0.6) is 0 Å². The first-order valence-corrected chi connectivity index (χ1v) is 12.6. The highest BCUT2D eigenvalue weighted by Gasteiger charge is 2.22. The number of nitrogens with zero attached hydrogens (tertiary/aromatic N) is 5. The number of nitrogens with one attached hydrogen (secondary N) is 1. The number of aromatic amines is 1. The number of aromatic nitrogens is 4. The quantitative estimate of drug-likeness (QED) is 0.296. The number of para-hydroxylation sites is 2. The lowest BCUT2D eigenvalue weighted by molar-refractivity contribution is -0.128. The second-order valence-electron chi connectivity index (χ2n) is 8.42. The van der Waals surface area contributed by atoms with Crippen LogP contribution in [0.4, 0.5) is 5.69 Å². The number of Topliss-reactive ketones (excluding diaryl/α,β-unsaturated/α-hetero) is 1. The van der Waals surface area contributed by atoms with Crippen molar-refractivity contribution in [3.63, 3.8) is 0 Å². The Bertz CT molecular complexity index is 1290. The van der Waals surface area contributed by atoms with Gasteiger partial charge in [0.15, 0.2) is 5.78 Å². The molecule has 1 N–H and O–H groups in total. The summed E-state index contributed by atoms with van der Waals surface area (Å²) < 4.78 is 5.71. The van der Waals surface area contributed by atoms with E-state index in [2.05, 4.69) is 25.1 Å². The zero-order valence-electron chi connectivity index (χ0n) is 19.4. The molecule has 0 radical (unpaired) electrons. The van der Waals surface area contributed by atoms with Crippen molar-refractivity contribution in [1.82, 2.24) is 25.1 Å². The first-order valence-electron chi connectivity index (χ1n) is 11.6. The van der Waals surface area contributed by atoms with Gasteiger partial charge in [-0.15, -0.1) is 10.2 Å². The molecule has 10 heteroatoms. The lowest BCUT2D eigenvalue weighted by atomic mass is 10.1. The number of benzene rings is 2. The van der Waals surface area contributed by atoms with Crippen molar-refractivity contribution >= 4 is 40.2 Å². The van der Waals surface area contributed by atoms with Gasteiger partial charge in [0.1, 0.15) is 5.82 Å². The van der Waals surface area contributed by atoms with Crippen molar-refractivity contribution in [2.75, 3.05) is 36.8 Å². The number of anilines is 1. The number of hydrogen-bond donors (Lipinski definition) is 1. The predicted octanol–water partition coefficient (Wildman–Crippen LogP) is 3.37. The number of thioether (sulfide) groups is 1. The van der Waals surface area contributed by atoms with E-state index in [9.17, 15) is 9.59 Å². The molecule has 0 atom stereocenters. The summed E-state index contributed by atoms with van der Waals surface area (Å²) in [4.78, 5) is 36.1. The molecule has 0 bridgehead atoms. The highest BCUT2D eigenvalue weighted by atomic mass is 32.2. The smallest absolute Gasteiger partial charge is 0.277 e. The fraction of sp³-hybridized carbons (Fsp3) is 0.320. The Labute approximate surface area is 206 Å². The number of rotatable bonds is 8. The Balaban J connectivity index is 1.06. The number of fused-ring (bicyclic) bond motifs is 1. The normalized spacial score (nSPS) is 14.0. The molecule has 1 amide bonds. The number of carbonyl (C=O) groups excluding carboxylic acids is 2. The molecule has 0 spiro atoms. The van der Waals surface area contributed by atoms with Crippen molar-refractivity contribution in [3.8, 4) is 0 Å². The monoisotopic (exact) mass is 490 g/mol. The van der Waals surface area contributed by atoms with E-state index in [4.69, 9.17) is 4.42 Å². The van der Waals surface area contributed by atoms with Gasteiger partial charge in [0.05, 0.1) is 16.8 Å². The molecule has 1 aliphatic rings. The zero-order chi connectivity index (χ0) is 24.2. The fourth-order valence-corrected chi connectivity index (χ4v) is 4.77. The number of hydrogen-bond acceptors (Lipinski definition) is 8. The molecule has 1 aliphatic heterocycles. The minimum absolute atomic E-state index is 0.0589. The van der Waals surface area contributed by atoms with Crippen molar-refractivity contribution in [3.05, 3.63) is 65.8 Å². The van der Waals surface area contributed by atoms with Crippen molar-refractivity contribution in [2.45, 2.75) is 25.0 Å². The molecule has 3 heterocycles. The number of ketones is 1. The molecular weight excluding hydrogens is 464 g/mol. The van der Waals surface area contributed by atoms with Gasteiger partial charge >= 0.3 is 0 Å². The van der Waals surface area contributed by atoms with Gasteiger partial charge in [-0.05, 0) is 43.3 Å². The van der Waals surface area contributed by atoms with Crippen LogP contribution in [0.2, 0.25) is 0 Å². The van der Waals surface area contributed by atoms with Crippen LogP contribution < -0.4 is 4.90 Å². The average Bonchev–Trinajstić information content (AvgIpc) is 3.52. The summed E-state index contributed by atoms with van der Waals surface area (Å²) in [6, 6.07) is 15.5. The fourth-order valence-electron chi connectivity index (χ4n) is 4.08. The molecule has 1 fully saturated rings. The minimum atomic E-state index is 0.0589. The Kier molecular flexibility index (Phi) is 6.80. The van der Waals surface area contributed by atoms with Crippen LogP contribution in [-0.2, 0) is 17.6 Å². The minimum Gasteiger partial charge on any atom is -0.416 e. The lowest BCUT2D eigenvalue weighted by Crippen LogP contribution is -2.49. The summed E-state index contributed by atoms with van der Waals surface area (Å²) in [5.41, 5.74) is 3.72. The SMILES string of the molecule is CC(=O)c1ccc(N2CCN(C(=O)CSc3nnc(CCc4nc5ccccc5[nH]4)o3)CC2)cc1. The maximum Gasteiger partial charge on any atom is 0.277 e. The maximum absolute atomic E-state index is 12.7. The highest BCUT2D eigenvalue weighted by molar-refractivity contribution is 7.99. The Hall–Kier alpha value is -3.66. The molecule has 2 aromatic heterocycles. The number of imidazole rings is 1.